The van der Waals surface area contributed by atoms with Crippen molar-refractivity contribution in [2.45, 2.75) is 38.6 Å². The van der Waals surface area contributed by atoms with Gasteiger partial charge < -0.3 is 5.32 Å². The molecule has 1 aliphatic rings. The van der Waals surface area contributed by atoms with Crippen molar-refractivity contribution < 1.29 is 9.59 Å². The van der Waals surface area contributed by atoms with E-state index in [-0.39, 0.29) is 6.54 Å². The summed E-state index contributed by atoms with van der Waals surface area (Å²) in [6.07, 6.45) is 7.77. The van der Waals surface area contributed by atoms with Crippen LogP contribution in [-0.2, 0) is 11.3 Å². The number of imide groups is 1. The molecule has 3 amide bonds. The van der Waals surface area contributed by atoms with Crippen molar-refractivity contribution in [3.8, 4) is 11.4 Å². The molecule has 2 aromatic rings. The summed E-state index contributed by atoms with van der Waals surface area (Å²) in [7, 11) is 0. The molecule has 8 nitrogen and oxygen atoms in total. The van der Waals surface area contributed by atoms with Crippen LogP contribution in [0.2, 0.25) is 0 Å². The van der Waals surface area contributed by atoms with Crippen molar-refractivity contribution in [3.05, 3.63) is 28.5 Å². The number of tetrazole rings is 1. The number of carbonyl (C=O) groups excluding carboxylic acids is 2. The molecule has 0 bridgehead atoms. The lowest BCUT2D eigenvalue weighted by molar-refractivity contribution is -0.121. The third-order valence-electron chi connectivity index (χ3n) is 3.89. The molecule has 0 radical (unpaired) electrons. The zero-order valence-electron chi connectivity index (χ0n) is 13.8. The Kier molecular flexibility index (Phi) is 5.89. The number of urea groups is 1. The SMILES string of the molecule is O=C(Cn1nnc(-c2ccsc2)n1)NC(=O)NCCC1=CCCCC1. The number of allylic oxidation sites excluding steroid dienone is 1. The molecule has 3 rings (SSSR count). The first kappa shape index (κ1) is 17.3. The van der Waals surface area contributed by atoms with E-state index in [0.29, 0.717) is 12.4 Å². The highest BCUT2D eigenvalue weighted by atomic mass is 32.1. The van der Waals surface area contributed by atoms with Gasteiger partial charge >= 0.3 is 6.03 Å². The Balaban J connectivity index is 1.39. The number of aromatic nitrogens is 4. The van der Waals surface area contributed by atoms with Gasteiger partial charge in [0.1, 0.15) is 6.54 Å². The van der Waals surface area contributed by atoms with E-state index in [2.05, 4.69) is 32.1 Å². The van der Waals surface area contributed by atoms with Crippen molar-refractivity contribution >= 4 is 23.3 Å². The summed E-state index contributed by atoms with van der Waals surface area (Å²) in [5.74, 6) is -0.0251. The van der Waals surface area contributed by atoms with E-state index >= 15 is 0 Å². The van der Waals surface area contributed by atoms with Gasteiger partial charge in [-0.05, 0) is 48.8 Å². The molecule has 0 aromatic carbocycles. The van der Waals surface area contributed by atoms with E-state index in [1.54, 1.807) is 0 Å². The second-order valence-corrected chi connectivity index (χ2v) is 6.60. The van der Waals surface area contributed by atoms with Gasteiger partial charge in [-0.3, -0.25) is 10.1 Å². The maximum atomic E-state index is 11.9. The van der Waals surface area contributed by atoms with Crippen molar-refractivity contribution in [1.82, 2.24) is 30.8 Å². The molecule has 0 fully saturated rings. The van der Waals surface area contributed by atoms with Crippen LogP contribution >= 0.6 is 11.3 Å². The molecule has 0 saturated carbocycles. The van der Waals surface area contributed by atoms with Gasteiger partial charge in [0, 0.05) is 17.5 Å². The van der Waals surface area contributed by atoms with E-state index in [4.69, 9.17) is 0 Å². The van der Waals surface area contributed by atoms with Crippen LogP contribution in [0.15, 0.2) is 28.5 Å². The summed E-state index contributed by atoms with van der Waals surface area (Å²) in [6.45, 7) is 0.366. The Morgan fingerprint density at radius 2 is 2.24 bits per heavy atom. The van der Waals surface area contributed by atoms with Gasteiger partial charge in [-0.2, -0.15) is 16.1 Å². The second kappa shape index (κ2) is 8.52. The number of nitrogens with one attached hydrogen (secondary N) is 2. The minimum atomic E-state index is -0.500. The largest absolute Gasteiger partial charge is 0.337 e. The predicted octanol–water partition coefficient (Wildman–Crippen LogP) is 2.12. The molecule has 0 unspecified atom stereocenters. The van der Waals surface area contributed by atoms with Gasteiger partial charge in [-0.1, -0.05) is 11.6 Å². The molecule has 1 aliphatic carbocycles. The molecule has 0 saturated heterocycles. The van der Waals surface area contributed by atoms with E-state index < -0.39 is 11.9 Å². The van der Waals surface area contributed by atoms with Crippen molar-refractivity contribution in [2.24, 2.45) is 0 Å². The van der Waals surface area contributed by atoms with Gasteiger partial charge in [0.05, 0.1) is 0 Å². The first-order valence-electron chi connectivity index (χ1n) is 8.26. The maximum Gasteiger partial charge on any atom is 0.321 e. The van der Waals surface area contributed by atoms with Gasteiger partial charge in [-0.15, -0.1) is 10.2 Å². The fourth-order valence-electron chi connectivity index (χ4n) is 2.62. The molecule has 2 aromatic heterocycles. The van der Waals surface area contributed by atoms with Crippen molar-refractivity contribution in [1.29, 1.82) is 0 Å². The Hall–Kier alpha value is -2.55. The Labute approximate surface area is 149 Å². The normalized spacial score (nSPS) is 14.0. The van der Waals surface area contributed by atoms with Crippen LogP contribution < -0.4 is 10.6 Å². The van der Waals surface area contributed by atoms with Crippen LogP contribution in [0.3, 0.4) is 0 Å². The van der Waals surface area contributed by atoms with Crippen molar-refractivity contribution in [2.75, 3.05) is 6.54 Å². The van der Waals surface area contributed by atoms with Gasteiger partial charge in [-0.25, -0.2) is 4.79 Å². The number of hydrogen-bond donors (Lipinski definition) is 2. The molecular formula is C16H20N6O2S. The number of amides is 3. The lowest BCUT2D eigenvalue weighted by Crippen LogP contribution is -2.41. The third-order valence-corrected chi connectivity index (χ3v) is 4.57. The summed E-state index contributed by atoms with van der Waals surface area (Å²) < 4.78 is 0. The molecule has 0 aliphatic heterocycles. The number of thiophene rings is 1. The molecular weight excluding hydrogens is 340 g/mol. The highest BCUT2D eigenvalue weighted by Crippen LogP contribution is 2.19. The average Bonchev–Trinajstić information content (AvgIpc) is 3.27. The van der Waals surface area contributed by atoms with Gasteiger partial charge in [0.2, 0.25) is 5.82 Å². The summed E-state index contributed by atoms with van der Waals surface area (Å²) in [5.41, 5.74) is 2.23. The zero-order valence-corrected chi connectivity index (χ0v) is 14.6. The number of rotatable bonds is 6. The highest BCUT2D eigenvalue weighted by molar-refractivity contribution is 7.08. The minimum absolute atomic E-state index is 0.157. The second-order valence-electron chi connectivity index (χ2n) is 5.82. The average molecular weight is 360 g/mol. The molecule has 9 heteroatoms. The fourth-order valence-corrected chi connectivity index (χ4v) is 3.26. The monoisotopic (exact) mass is 360 g/mol. The molecule has 132 valence electrons. The van der Waals surface area contributed by atoms with Crippen molar-refractivity contribution in [3.63, 3.8) is 0 Å². The summed E-state index contributed by atoms with van der Waals surface area (Å²) in [6, 6.07) is 1.38. The summed E-state index contributed by atoms with van der Waals surface area (Å²) in [5, 5.41) is 20.6. The molecule has 0 spiro atoms. The number of carbonyl (C=O) groups is 2. The van der Waals surface area contributed by atoms with Crippen LogP contribution in [0.4, 0.5) is 4.79 Å². The van der Waals surface area contributed by atoms with Crippen LogP contribution in [0.25, 0.3) is 11.4 Å². The van der Waals surface area contributed by atoms with Crippen LogP contribution in [0.1, 0.15) is 32.1 Å². The standard InChI is InChI=1S/C16H20N6O2S/c23-14(10-22-20-15(19-21-22)13-7-9-25-11-13)18-16(24)17-8-6-12-4-2-1-3-5-12/h4,7,9,11H,1-3,5-6,8,10H2,(H2,17,18,23,24). The number of nitrogens with zero attached hydrogens (tertiary/aromatic N) is 4. The Bertz CT molecular complexity index is 753. The van der Waals surface area contributed by atoms with Gasteiger partial charge in [0.25, 0.3) is 5.91 Å². The topological polar surface area (TPSA) is 102 Å². The molecule has 25 heavy (non-hydrogen) atoms. The van der Waals surface area contributed by atoms with Crippen LogP contribution in [-0.4, -0.2) is 38.7 Å². The van der Waals surface area contributed by atoms with Crippen LogP contribution in [0, 0.1) is 0 Å². The molecule has 2 heterocycles. The van der Waals surface area contributed by atoms with Crippen LogP contribution in [0.5, 0.6) is 0 Å². The lowest BCUT2D eigenvalue weighted by atomic mass is 9.97. The van der Waals surface area contributed by atoms with E-state index in [1.807, 2.05) is 16.8 Å². The van der Waals surface area contributed by atoms with E-state index in [1.165, 1.54) is 34.5 Å². The predicted molar refractivity (Wildman–Crippen MR) is 93.8 cm³/mol. The maximum absolute atomic E-state index is 11.9. The first-order valence-corrected chi connectivity index (χ1v) is 9.21. The lowest BCUT2D eigenvalue weighted by Gasteiger charge is -2.13. The smallest absolute Gasteiger partial charge is 0.321 e. The Morgan fingerprint density at radius 3 is 3.00 bits per heavy atom. The first-order chi connectivity index (χ1) is 12.2. The zero-order chi connectivity index (χ0) is 17.5. The summed E-state index contributed by atoms with van der Waals surface area (Å²) >= 11 is 1.53. The number of hydrogen-bond acceptors (Lipinski definition) is 6. The van der Waals surface area contributed by atoms with E-state index in [0.717, 1.165) is 24.8 Å². The minimum Gasteiger partial charge on any atom is -0.337 e. The quantitative estimate of drug-likeness (QED) is 0.768. The Morgan fingerprint density at radius 1 is 1.32 bits per heavy atom. The fraction of sp³-hybridized carbons (Fsp3) is 0.438. The highest BCUT2D eigenvalue weighted by Gasteiger charge is 2.12. The molecule has 0 atom stereocenters. The third kappa shape index (κ3) is 5.21. The summed E-state index contributed by atoms with van der Waals surface area (Å²) in [4.78, 5) is 24.8. The van der Waals surface area contributed by atoms with Gasteiger partial charge in [0.15, 0.2) is 0 Å². The van der Waals surface area contributed by atoms with E-state index in [9.17, 15) is 9.59 Å². The molecule has 2 N–H and O–H groups in total.